The zero-order valence-electron chi connectivity index (χ0n) is 14.6. The molecule has 0 unspecified atom stereocenters. The van der Waals surface area contributed by atoms with Crippen molar-refractivity contribution >= 4 is 27.3 Å². The lowest BCUT2D eigenvalue weighted by atomic mass is 10.4. The lowest BCUT2D eigenvalue weighted by Gasteiger charge is -2.16. The van der Waals surface area contributed by atoms with Gasteiger partial charge in [-0.05, 0) is 24.7 Å². The van der Waals surface area contributed by atoms with E-state index < -0.39 is 0 Å². The van der Waals surface area contributed by atoms with Crippen LogP contribution in [0.15, 0.2) is 60.7 Å². The van der Waals surface area contributed by atoms with Gasteiger partial charge in [0.2, 0.25) is 0 Å². The molecule has 0 saturated heterocycles. The molecule has 0 atom stereocenters. The summed E-state index contributed by atoms with van der Waals surface area (Å²) < 4.78 is 0. The van der Waals surface area contributed by atoms with E-state index in [1.54, 1.807) is 0 Å². The number of rotatable bonds is 6. The Hall–Kier alpha value is -0.913. The number of hydrogen-bond donors (Lipinski definition) is 0. The SMILES string of the molecule is CCP(c1ccccc1)c1ccccc1.CC[SiH](CC)CC. The second kappa shape index (κ2) is 11.6. The van der Waals surface area contributed by atoms with Crippen molar-refractivity contribution in [1.82, 2.24) is 0 Å². The summed E-state index contributed by atoms with van der Waals surface area (Å²) in [5.41, 5.74) is 0. The molecule has 0 aliphatic rings. The molecule has 0 bridgehead atoms. The Morgan fingerprint density at radius 2 is 1.00 bits per heavy atom. The van der Waals surface area contributed by atoms with Gasteiger partial charge in [0.15, 0.2) is 0 Å². The van der Waals surface area contributed by atoms with Gasteiger partial charge in [-0.25, -0.2) is 0 Å². The zero-order valence-corrected chi connectivity index (χ0v) is 16.7. The minimum atomic E-state index is -0.171. The molecule has 0 amide bonds. The summed E-state index contributed by atoms with van der Waals surface area (Å²) in [4.78, 5) is 0. The van der Waals surface area contributed by atoms with Crippen LogP contribution in [0.1, 0.15) is 27.7 Å². The molecule has 22 heavy (non-hydrogen) atoms. The van der Waals surface area contributed by atoms with Gasteiger partial charge in [0, 0.05) is 8.80 Å². The molecular formula is C20H31PSi. The molecule has 120 valence electrons. The predicted molar refractivity (Wildman–Crippen MR) is 108 cm³/mol. The number of hydrogen-bond acceptors (Lipinski definition) is 0. The van der Waals surface area contributed by atoms with Crippen molar-refractivity contribution in [1.29, 1.82) is 0 Å². The van der Waals surface area contributed by atoms with Crippen LogP contribution in [-0.2, 0) is 0 Å². The standard InChI is InChI=1S/C14H15P.C6H16Si/c1-2-15(13-9-5-3-6-10-13)14-11-7-4-8-12-14;1-4-7(5-2)6-3/h3-12H,2H2,1H3;7H,4-6H2,1-3H3. The van der Waals surface area contributed by atoms with Gasteiger partial charge in [-0.15, -0.1) is 0 Å². The van der Waals surface area contributed by atoms with Crippen LogP contribution in [0.2, 0.25) is 18.1 Å². The number of benzene rings is 2. The van der Waals surface area contributed by atoms with Crippen LogP contribution in [-0.4, -0.2) is 15.0 Å². The third-order valence-electron chi connectivity index (χ3n) is 4.18. The Morgan fingerprint density at radius 1 is 0.636 bits per heavy atom. The van der Waals surface area contributed by atoms with Crippen LogP contribution in [0.25, 0.3) is 0 Å². The maximum absolute atomic E-state index is 2.32. The lowest BCUT2D eigenvalue weighted by molar-refractivity contribution is 1.24. The summed E-state index contributed by atoms with van der Waals surface area (Å²) in [6.07, 6.45) is 1.21. The highest BCUT2D eigenvalue weighted by atomic mass is 31.1. The van der Waals surface area contributed by atoms with Gasteiger partial charge in [0.1, 0.15) is 0 Å². The zero-order chi connectivity index (χ0) is 16.2. The smallest absolute Gasteiger partial charge is 0.0359 e. The molecule has 0 aliphatic carbocycles. The molecule has 2 heteroatoms. The second-order valence-corrected chi connectivity index (χ2v) is 12.2. The molecular weight excluding hydrogens is 299 g/mol. The first-order valence-electron chi connectivity index (χ1n) is 8.64. The van der Waals surface area contributed by atoms with Crippen LogP contribution in [0.4, 0.5) is 0 Å². The highest BCUT2D eigenvalue weighted by Gasteiger charge is 2.09. The van der Waals surface area contributed by atoms with E-state index in [0.717, 1.165) is 0 Å². The average molecular weight is 331 g/mol. The van der Waals surface area contributed by atoms with E-state index in [1.807, 2.05) is 0 Å². The van der Waals surface area contributed by atoms with Crippen LogP contribution in [0.3, 0.4) is 0 Å². The van der Waals surface area contributed by atoms with Crippen molar-refractivity contribution in [3.63, 3.8) is 0 Å². The van der Waals surface area contributed by atoms with Gasteiger partial charge in [-0.2, -0.15) is 0 Å². The Morgan fingerprint density at radius 3 is 1.23 bits per heavy atom. The normalized spacial score (nSPS) is 10.5. The molecule has 0 saturated carbocycles. The van der Waals surface area contributed by atoms with E-state index in [1.165, 1.54) is 34.9 Å². The van der Waals surface area contributed by atoms with Crippen molar-refractivity contribution in [2.24, 2.45) is 0 Å². The molecule has 0 fully saturated rings. The molecule has 2 aromatic carbocycles. The molecule has 0 radical (unpaired) electrons. The van der Waals surface area contributed by atoms with Crippen LogP contribution in [0, 0.1) is 0 Å². The molecule has 0 heterocycles. The molecule has 0 aliphatic heterocycles. The molecule has 2 rings (SSSR count). The monoisotopic (exact) mass is 330 g/mol. The first-order chi connectivity index (χ1) is 10.8. The van der Waals surface area contributed by atoms with Crippen LogP contribution in [0.5, 0.6) is 0 Å². The minimum Gasteiger partial charge on any atom is -0.0680 e. The molecule has 2 aromatic rings. The summed E-state index contributed by atoms with van der Waals surface area (Å²) in [7, 11) is -0.320. The van der Waals surface area contributed by atoms with E-state index in [0.29, 0.717) is 0 Å². The molecule has 0 aromatic heterocycles. The van der Waals surface area contributed by atoms with E-state index in [2.05, 4.69) is 88.4 Å². The Bertz CT molecular complexity index is 435. The summed E-state index contributed by atoms with van der Waals surface area (Å²) >= 11 is 0. The Balaban J connectivity index is 0.000000295. The fraction of sp³-hybridized carbons (Fsp3) is 0.400. The van der Waals surface area contributed by atoms with Gasteiger partial charge < -0.3 is 0 Å². The van der Waals surface area contributed by atoms with Crippen molar-refractivity contribution in [2.45, 2.75) is 45.8 Å². The predicted octanol–water partition coefficient (Wildman–Crippen LogP) is 5.41. The van der Waals surface area contributed by atoms with Gasteiger partial charge in [0.05, 0.1) is 0 Å². The summed E-state index contributed by atoms with van der Waals surface area (Å²) in [5, 5.41) is 2.95. The van der Waals surface area contributed by atoms with Gasteiger partial charge >= 0.3 is 0 Å². The molecule has 0 spiro atoms. The average Bonchev–Trinajstić information content (AvgIpc) is 2.60. The van der Waals surface area contributed by atoms with E-state index in [9.17, 15) is 0 Å². The third kappa shape index (κ3) is 6.46. The summed E-state index contributed by atoms with van der Waals surface area (Å²) in [6, 6.07) is 26.1. The van der Waals surface area contributed by atoms with Crippen molar-refractivity contribution in [3.05, 3.63) is 60.7 Å². The van der Waals surface area contributed by atoms with Gasteiger partial charge in [-0.3, -0.25) is 0 Å². The minimum absolute atomic E-state index is 0.149. The topological polar surface area (TPSA) is 0 Å². The molecule has 0 N–H and O–H groups in total. The maximum atomic E-state index is 2.32. The molecule has 0 nitrogen and oxygen atoms in total. The maximum Gasteiger partial charge on any atom is 0.0359 e. The van der Waals surface area contributed by atoms with E-state index >= 15 is 0 Å². The highest BCUT2D eigenvalue weighted by molar-refractivity contribution is 7.72. The van der Waals surface area contributed by atoms with Crippen LogP contribution >= 0.6 is 7.92 Å². The highest BCUT2D eigenvalue weighted by Crippen LogP contribution is 2.32. The second-order valence-electron chi connectivity index (χ2n) is 5.51. The van der Waals surface area contributed by atoms with Crippen molar-refractivity contribution in [3.8, 4) is 0 Å². The quantitative estimate of drug-likeness (QED) is 0.490. The summed E-state index contributed by atoms with van der Waals surface area (Å²) in [5.74, 6) is 0. The van der Waals surface area contributed by atoms with E-state index in [-0.39, 0.29) is 16.7 Å². The fourth-order valence-electron chi connectivity index (χ4n) is 2.60. The van der Waals surface area contributed by atoms with Gasteiger partial charge in [0.25, 0.3) is 0 Å². The Kier molecular flexibility index (Phi) is 10.1. The van der Waals surface area contributed by atoms with Crippen molar-refractivity contribution in [2.75, 3.05) is 6.16 Å². The largest absolute Gasteiger partial charge is 0.0680 e. The Labute approximate surface area is 140 Å². The fourth-order valence-corrected chi connectivity index (χ4v) is 6.42. The van der Waals surface area contributed by atoms with Gasteiger partial charge in [-0.1, -0.05) is 106 Å². The summed E-state index contributed by atoms with van der Waals surface area (Å²) in [6.45, 7) is 9.24. The first kappa shape index (κ1) is 19.1. The third-order valence-corrected chi connectivity index (χ3v) is 10.1. The first-order valence-corrected chi connectivity index (χ1v) is 12.6. The van der Waals surface area contributed by atoms with Crippen LogP contribution < -0.4 is 10.6 Å². The van der Waals surface area contributed by atoms with Crippen molar-refractivity contribution < 1.29 is 0 Å². The van der Waals surface area contributed by atoms with E-state index in [4.69, 9.17) is 0 Å². The lowest BCUT2D eigenvalue weighted by Crippen LogP contribution is -2.12.